The molecule has 1 aromatic rings. The minimum absolute atomic E-state index is 0.0485. The van der Waals surface area contributed by atoms with Gasteiger partial charge in [0.1, 0.15) is 0 Å². The van der Waals surface area contributed by atoms with Gasteiger partial charge in [-0.25, -0.2) is 0 Å². The van der Waals surface area contributed by atoms with Crippen LogP contribution in [0.2, 0.25) is 0 Å². The number of anilines is 1. The van der Waals surface area contributed by atoms with Crippen LogP contribution in [0.5, 0.6) is 0 Å². The summed E-state index contributed by atoms with van der Waals surface area (Å²) in [5.41, 5.74) is 1.99. The summed E-state index contributed by atoms with van der Waals surface area (Å²) in [4.78, 5) is 11.4. The van der Waals surface area contributed by atoms with Crippen LogP contribution >= 0.6 is 0 Å². The van der Waals surface area contributed by atoms with E-state index in [-0.39, 0.29) is 5.91 Å². The number of terminal acetylenes is 1. The molecular formula is C14H17NO2. The number of carbonyl (C=O) groups is 1. The molecule has 0 aliphatic carbocycles. The Balaban J connectivity index is 2.45. The smallest absolute Gasteiger partial charge is 0.225 e. The third-order valence-electron chi connectivity index (χ3n) is 2.33. The Morgan fingerprint density at radius 1 is 1.41 bits per heavy atom. The van der Waals surface area contributed by atoms with Gasteiger partial charge in [0.15, 0.2) is 0 Å². The molecule has 17 heavy (non-hydrogen) atoms. The van der Waals surface area contributed by atoms with Crippen molar-refractivity contribution in [1.82, 2.24) is 0 Å². The van der Waals surface area contributed by atoms with Crippen LogP contribution in [0.4, 0.5) is 5.69 Å². The Labute approximate surface area is 102 Å². The number of rotatable bonds is 6. The molecule has 0 saturated carbocycles. The third kappa shape index (κ3) is 5.19. The van der Waals surface area contributed by atoms with Gasteiger partial charge in [0.25, 0.3) is 0 Å². The Hall–Kier alpha value is -1.79. The van der Waals surface area contributed by atoms with Crippen molar-refractivity contribution in [3.05, 3.63) is 29.8 Å². The molecular weight excluding hydrogens is 214 g/mol. The van der Waals surface area contributed by atoms with Gasteiger partial charge in [-0.3, -0.25) is 4.79 Å². The van der Waals surface area contributed by atoms with Crippen LogP contribution in [-0.2, 0) is 16.0 Å². The Kier molecular flexibility index (Phi) is 5.84. The molecule has 0 bridgehead atoms. The molecule has 1 rings (SSSR count). The molecule has 0 fully saturated rings. The highest BCUT2D eigenvalue weighted by atomic mass is 16.5. The van der Waals surface area contributed by atoms with Gasteiger partial charge in [0, 0.05) is 25.6 Å². The zero-order valence-corrected chi connectivity index (χ0v) is 10.0. The van der Waals surface area contributed by atoms with Gasteiger partial charge in [0.05, 0.1) is 6.61 Å². The standard InChI is InChI=1S/C14H17NO2/c1-3-4-5-14(16)15-13-8-6-12(7-9-13)10-11-17-2/h1,6-9H,4-5,10-11H2,2H3,(H,15,16). The Morgan fingerprint density at radius 3 is 2.71 bits per heavy atom. The largest absolute Gasteiger partial charge is 0.384 e. The van der Waals surface area contributed by atoms with Crippen molar-refractivity contribution in [3.63, 3.8) is 0 Å². The summed E-state index contributed by atoms with van der Waals surface area (Å²) < 4.78 is 5.00. The molecule has 1 N–H and O–H groups in total. The lowest BCUT2D eigenvalue weighted by Crippen LogP contribution is -2.10. The molecule has 0 spiro atoms. The van der Waals surface area contributed by atoms with Gasteiger partial charge in [0.2, 0.25) is 5.91 Å². The van der Waals surface area contributed by atoms with E-state index in [0.717, 1.165) is 12.1 Å². The van der Waals surface area contributed by atoms with E-state index in [4.69, 9.17) is 11.2 Å². The molecule has 0 saturated heterocycles. The van der Waals surface area contributed by atoms with Crippen LogP contribution in [0.1, 0.15) is 18.4 Å². The lowest BCUT2D eigenvalue weighted by Gasteiger charge is -2.05. The fourth-order valence-corrected chi connectivity index (χ4v) is 1.38. The van der Waals surface area contributed by atoms with E-state index in [1.807, 2.05) is 24.3 Å². The first kappa shape index (κ1) is 13.3. The molecule has 3 heteroatoms. The van der Waals surface area contributed by atoms with Crippen molar-refractivity contribution < 1.29 is 9.53 Å². The molecule has 3 nitrogen and oxygen atoms in total. The van der Waals surface area contributed by atoms with Crippen LogP contribution in [0.25, 0.3) is 0 Å². The van der Waals surface area contributed by atoms with Crippen LogP contribution < -0.4 is 5.32 Å². The lowest BCUT2D eigenvalue weighted by atomic mass is 10.1. The number of ether oxygens (including phenoxy) is 1. The summed E-state index contributed by atoms with van der Waals surface area (Å²) in [6, 6.07) is 7.74. The second kappa shape index (κ2) is 7.48. The maximum atomic E-state index is 11.4. The second-order valence-electron chi connectivity index (χ2n) is 3.69. The summed E-state index contributed by atoms with van der Waals surface area (Å²) in [6.07, 6.45) is 6.80. The minimum Gasteiger partial charge on any atom is -0.384 e. The number of nitrogens with one attached hydrogen (secondary N) is 1. The first-order chi connectivity index (χ1) is 8.26. The summed E-state index contributed by atoms with van der Waals surface area (Å²) in [6.45, 7) is 0.702. The Bertz CT molecular complexity index is 390. The average molecular weight is 231 g/mol. The van der Waals surface area contributed by atoms with Crippen molar-refractivity contribution in [1.29, 1.82) is 0 Å². The van der Waals surface area contributed by atoms with Crippen LogP contribution in [0.3, 0.4) is 0 Å². The van der Waals surface area contributed by atoms with Crippen LogP contribution in [0.15, 0.2) is 24.3 Å². The second-order valence-corrected chi connectivity index (χ2v) is 3.69. The average Bonchev–Trinajstić information content (AvgIpc) is 2.35. The topological polar surface area (TPSA) is 38.3 Å². The normalized spacial score (nSPS) is 9.65. The molecule has 0 aromatic heterocycles. The summed E-state index contributed by atoms with van der Waals surface area (Å²) >= 11 is 0. The van der Waals surface area contributed by atoms with Gasteiger partial charge >= 0.3 is 0 Å². The quantitative estimate of drug-likeness (QED) is 0.762. The van der Waals surface area contributed by atoms with E-state index in [2.05, 4.69) is 11.2 Å². The molecule has 0 aliphatic rings. The number of benzene rings is 1. The predicted octanol–water partition coefficient (Wildman–Crippen LogP) is 2.23. The maximum absolute atomic E-state index is 11.4. The van der Waals surface area contributed by atoms with Gasteiger partial charge < -0.3 is 10.1 Å². The van der Waals surface area contributed by atoms with Gasteiger partial charge in [-0.15, -0.1) is 12.3 Å². The first-order valence-corrected chi connectivity index (χ1v) is 5.57. The van der Waals surface area contributed by atoms with E-state index in [1.165, 1.54) is 5.56 Å². The molecule has 0 radical (unpaired) electrons. The van der Waals surface area contributed by atoms with Crippen molar-refractivity contribution in [2.75, 3.05) is 19.0 Å². The SMILES string of the molecule is C#CCCC(=O)Nc1ccc(CCOC)cc1. The highest BCUT2D eigenvalue weighted by molar-refractivity contribution is 5.90. The fraction of sp³-hybridized carbons (Fsp3) is 0.357. The van der Waals surface area contributed by atoms with Crippen LogP contribution in [-0.4, -0.2) is 19.6 Å². The highest BCUT2D eigenvalue weighted by Crippen LogP contribution is 2.10. The van der Waals surface area contributed by atoms with Gasteiger partial charge in [-0.05, 0) is 24.1 Å². The van der Waals surface area contributed by atoms with Crippen molar-refractivity contribution in [3.8, 4) is 12.3 Å². The zero-order chi connectivity index (χ0) is 12.5. The molecule has 1 amide bonds. The van der Waals surface area contributed by atoms with Crippen molar-refractivity contribution >= 4 is 11.6 Å². The number of methoxy groups -OCH3 is 1. The molecule has 0 heterocycles. The molecule has 90 valence electrons. The van der Waals surface area contributed by atoms with E-state index in [0.29, 0.717) is 19.4 Å². The summed E-state index contributed by atoms with van der Waals surface area (Å²) in [5.74, 6) is 2.39. The van der Waals surface area contributed by atoms with Crippen molar-refractivity contribution in [2.24, 2.45) is 0 Å². The Morgan fingerprint density at radius 2 is 2.12 bits per heavy atom. The molecule has 1 aromatic carbocycles. The minimum atomic E-state index is -0.0485. The highest BCUT2D eigenvalue weighted by Gasteiger charge is 2.01. The van der Waals surface area contributed by atoms with E-state index < -0.39 is 0 Å². The van der Waals surface area contributed by atoms with E-state index in [1.54, 1.807) is 7.11 Å². The van der Waals surface area contributed by atoms with E-state index >= 15 is 0 Å². The number of amides is 1. The predicted molar refractivity (Wildman–Crippen MR) is 68.7 cm³/mol. The number of carbonyl (C=O) groups excluding carboxylic acids is 1. The van der Waals surface area contributed by atoms with Gasteiger partial charge in [-0.2, -0.15) is 0 Å². The van der Waals surface area contributed by atoms with Crippen LogP contribution in [0, 0.1) is 12.3 Å². The monoisotopic (exact) mass is 231 g/mol. The molecule has 0 unspecified atom stereocenters. The van der Waals surface area contributed by atoms with E-state index in [9.17, 15) is 4.79 Å². The molecule has 0 aliphatic heterocycles. The summed E-state index contributed by atoms with van der Waals surface area (Å²) in [5, 5.41) is 2.79. The first-order valence-electron chi connectivity index (χ1n) is 5.57. The zero-order valence-electron chi connectivity index (χ0n) is 10.0. The fourth-order valence-electron chi connectivity index (χ4n) is 1.38. The van der Waals surface area contributed by atoms with Gasteiger partial charge in [-0.1, -0.05) is 12.1 Å². The maximum Gasteiger partial charge on any atom is 0.225 e. The van der Waals surface area contributed by atoms with Crippen molar-refractivity contribution in [2.45, 2.75) is 19.3 Å². The summed E-state index contributed by atoms with van der Waals surface area (Å²) in [7, 11) is 1.68. The number of hydrogen-bond donors (Lipinski definition) is 1. The lowest BCUT2D eigenvalue weighted by molar-refractivity contribution is -0.116. The number of hydrogen-bond acceptors (Lipinski definition) is 2. The third-order valence-corrected chi connectivity index (χ3v) is 2.33. The molecule has 0 atom stereocenters.